The Morgan fingerprint density at radius 2 is 1.71 bits per heavy atom. The highest BCUT2D eigenvalue weighted by Crippen LogP contribution is 2.23. The molecule has 2 atom stereocenters. The van der Waals surface area contributed by atoms with Crippen LogP contribution < -0.4 is 21.5 Å². The van der Waals surface area contributed by atoms with Crippen molar-refractivity contribution in [1.82, 2.24) is 4.90 Å². The maximum atomic E-state index is 12.2. The Balaban J connectivity index is 1.57. The van der Waals surface area contributed by atoms with Crippen molar-refractivity contribution in [1.29, 1.82) is 0 Å². The molecule has 126 valence electrons. The van der Waals surface area contributed by atoms with Gasteiger partial charge in [0.2, 0.25) is 5.91 Å². The zero-order chi connectivity index (χ0) is 16.9. The van der Waals surface area contributed by atoms with Gasteiger partial charge in [0.05, 0.1) is 6.54 Å². The molecule has 0 aliphatic carbocycles. The number of para-hydroxylation sites is 1. The van der Waals surface area contributed by atoms with Crippen LogP contribution in [0.2, 0.25) is 0 Å². The summed E-state index contributed by atoms with van der Waals surface area (Å²) >= 11 is 0. The van der Waals surface area contributed by atoms with E-state index < -0.39 is 0 Å². The van der Waals surface area contributed by atoms with Crippen molar-refractivity contribution >= 4 is 11.6 Å². The Bertz CT molecular complexity index is 682. The molecule has 1 aliphatic heterocycles. The fourth-order valence-electron chi connectivity index (χ4n) is 2.74. The zero-order valence-electron chi connectivity index (χ0n) is 13.4. The largest absolute Gasteiger partial charge is 0.457 e. The van der Waals surface area contributed by atoms with Crippen LogP contribution in [0.3, 0.4) is 0 Å². The van der Waals surface area contributed by atoms with Gasteiger partial charge in [0.25, 0.3) is 0 Å². The number of amides is 1. The monoisotopic (exact) mass is 326 g/mol. The van der Waals surface area contributed by atoms with Crippen molar-refractivity contribution in [3.63, 3.8) is 0 Å². The molecule has 5 N–H and O–H groups in total. The fraction of sp³-hybridized carbons (Fsp3) is 0.278. The van der Waals surface area contributed by atoms with Gasteiger partial charge < -0.3 is 21.5 Å². The van der Waals surface area contributed by atoms with Crippen LogP contribution in [0.25, 0.3) is 0 Å². The van der Waals surface area contributed by atoms with E-state index in [0.29, 0.717) is 24.5 Å². The van der Waals surface area contributed by atoms with E-state index in [1.165, 1.54) is 0 Å². The third-order valence-electron chi connectivity index (χ3n) is 3.95. The number of benzene rings is 2. The molecule has 1 fully saturated rings. The third kappa shape index (κ3) is 4.32. The van der Waals surface area contributed by atoms with Gasteiger partial charge in [-0.15, -0.1) is 0 Å². The van der Waals surface area contributed by atoms with Crippen LogP contribution >= 0.6 is 0 Å². The van der Waals surface area contributed by atoms with Gasteiger partial charge in [-0.05, 0) is 24.3 Å². The summed E-state index contributed by atoms with van der Waals surface area (Å²) < 4.78 is 5.77. The Kier molecular flexibility index (Phi) is 5.10. The highest BCUT2D eigenvalue weighted by molar-refractivity contribution is 5.92. The smallest absolute Gasteiger partial charge is 0.238 e. The first-order valence-corrected chi connectivity index (χ1v) is 7.96. The molecule has 1 heterocycles. The number of hydrogen-bond donors (Lipinski definition) is 3. The molecule has 0 unspecified atom stereocenters. The number of ether oxygens (including phenoxy) is 1. The highest BCUT2D eigenvalue weighted by atomic mass is 16.5. The van der Waals surface area contributed by atoms with Gasteiger partial charge in [0, 0.05) is 36.9 Å². The normalized spacial score (nSPS) is 20.8. The van der Waals surface area contributed by atoms with Gasteiger partial charge in [-0.25, -0.2) is 0 Å². The summed E-state index contributed by atoms with van der Waals surface area (Å²) in [6.07, 6.45) is 0. The van der Waals surface area contributed by atoms with E-state index in [9.17, 15) is 4.79 Å². The maximum Gasteiger partial charge on any atom is 0.238 e. The number of carbonyl (C=O) groups is 1. The second-order valence-electron chi connectivity index (χ2n) is 6.01. The van der Waals surface area contributed by atoms with Crippen LogP contribution in [0, 0.1) is 0 Å². The fourth-order valence-corrected chi connectivity index (χ4v) is 2.74. The molecule has 6 heteroatoms. The minimum Gasteiger partial charge on any atom is -0.457 e. The van der Waals surface area contributed by atoms with Crippen molar-refractivity contribution in [2.75, 3.05) is 25.0 Å². The average Bonchev–Trinajstić information content (AvgIpc) is 2.86. The van der Waals surface area contributed by atoms with E-state index >= 15 is 0 Å². The lowest BCUT2D eigenvalue weighted by molar-refractivity contribution is -0.117. The van der Waals surface area contributed by atoms with Crippen molar-refractivity contribution in [2.45, 2.75) is 12.1 Å². The Morgan fingerprint density at radius 3 is 2.42 bits per heavy atom. The molecule has 24 heavy (non-hydrogen) atoms. The molecule has 0 saturated carbocycles. The molecule has 2 aromatic rings. The number of nitrogens with zero attached hydrogens (tertiary/aromatic N) is 1. The van der Waals surface area contributed by atoms with Gasteiger partial charge in [-0.1, -0.05) is 24.3 Å². The number of nitrogens with one attached hydrogen (secondary N) is 1. The zero-order valence-corrected chi connectivity index (χ0v) is 13.4. The summed E-state index contributed by atoms with van der Waals surface area (Å²) in [5, 5.41) is 2.88. The van der Waals surface area contributed by atoms with Gasteiger partial charge in [0.15, 0.2) is 0 Å². The van der Waals surface area contributed by atoms with Crippen LogP contribution in [-0.4, -0.2) is 42.5 Å². The maximum absolute atomic E-state index is 12.2. The van der Waals surface area contributed by atoms with Crippen LogP contribution in [0.4, 0.5) is 5.69 Å². The molecular formula is C18H22N4O2. The van der Waals surface area contributed by atoms with E-state index in [-0.39, 0.29) is 24.5 Å². The highest BCUT2D eigenvalue weighted by Gasteiger charge is 2.28. The van der Waals surface area contributed by atoms with E-state index in [1.807, 2.05) is 53.4 Å². The average molecular weight is 326 g/mol. The first-order chi connectivity index (χ1) is 11.6. The number of nitrogens with two attached hydrogens (primary N) is 2. The Labute approximate surface area is 141 Å². The van der Waals surface area contributed by atoms with E-state index in [0.717, 1.165) is 5.75 Å². The minimum absolute atomic E-state index is 0.0691. The molecule has 0 bridgehead atoms. The van der Waals surface area contributed by atoms with Gasteiger partial charge >= 0.3 is 0 Å². The summed E-state index contributed by atoms with van der Waals surface area (Å²) in [4.78, 5) is 14.1. The van der Waals surface area contributed by atoms with Crippen LogP contribution in [-0.2, 0) is 4.79 Å². The predicted molar refractivity (Wildman–Crippen MR) is 94.0 cm³/mol. The summed E-state index contributed by atoms with van der Waals surface area (Å²) in [6.45, 7) is 1.57. The molecule has 3 rings (SSSR count). The Morgan fingerprint density at radius 1 is 1.04 bits per heavy atom. The minimum atomic E-state index is -0.0897. The van der Waals surface area contributed by atoms with Gasteiger partial charge in [-0.3, -0.25) is 9.69 Å². The second kappa shape index (κ2) is 7.44. The topological polar surface area (TPSA) is 93.6 Å². The van der Waals surface area contributed by atoms with Crippen molar-refractivity contribution in [3.05, 3.63) is 54.6 Å². The summed E-state index contributed by atoms with van der Waals surface area (Å²) in [7, 11) is 0. The quantitative estimate of drug-likeness (QED) is 0.772. The molecule has 6 nitrogen and oxygen atoms in total. The molecule has 2 aromatic carbocycles. The summed E-state index contributed by atoms with van der Waals surface area (Å²) in [5.74, 6) is 1.33. The first kappa shape index (κ1) is 16.4. The molecule has 1 saturated heterocycles. The number of carbonyl (C=O) groups excluding carboxylic acids is 1. The van der Waals surface area contributed by atoms with E-state index in [1.54, 1.807) is 6.07 Å². The number of likely N-dealkylation sites (tertiary alicyclic amines) is 1. The van der Waals surface area contributed by atoms with Crippen molar-refractivity contribution < 1.29 is 9.53 Å². The van der Waals surface area contributed by atoms with Gasteiger partial charge in [0.1, 0.15) is 11.5 Å². The molecule has 0 radical (unpaired) electrons. The summed E-state index contributed by atoms with van der Waals surface area (Å²) in [5.41, 5.74) is 12.4. The number of anilines is 1. The van der Waals surface area contributed by atoms with Crippen LogP contribution in [0.1, 0.15) is 0 Å². The van der Waals surface area contributed by atoms with E-state index in [4.69, 9.17) is 16.2 Å². The molecular weight excluding hydrogens is 304 g/mol. The third-order valence-corrected chi connectivity index (χ3v) is 3.95. The number of hydrogen-bond acceptors (Lipinski definition) is 5. The van der Waals surface area contributed by atoms with E-state index in [2.05, 4.69) is 5.32 Å². The first-order valence-electron chi connectivity index (χ1n) is 7.96. The standard InChI is InChI=1S/C18H22N4O2/c19-16-10-22(11-17(16)20)12-18(23)21-13-5-4-8-15(9-13)24-14-6-2-1-3-7-14/h1-9,16-17H,10-12,19-20H2,(H,21,23)/t16-,17-/m1/s1. The lowest BCUT2D eigenvalue weighted by Crippen LogP contribution is -2.39. The Hall–Kier alpha value is -2.41. The number of rotatable bonds is 5. The molecule has 0 spiro atoms. The summed E-state index contributed by atoms with van der Waals surface area (Å²) in [6, 6.07) is 16.7. The predicted octanol–water partition coefficient (Wildman–Crippen LogP) is 1.39. The van der Waals surface area contributed by atoms with Crippen molar-refractivity contribution in [2.24, 2.45) is 11.5 Å². The lowest BCUT2D eigenvalue weighted by Gasteiger charge is -2.15. The SMILES string of the molecule is N[C@@H]1CN(CC(=O)Nc2cccc(Oc3ccccc3)c2)C[C@H]1N. The molecule has 1 aliphatic rings. The molecule has 1 amide bonds. The second-order valence-corrected chi connectivity index (χ2v) is 6.01. The van der Waals surface area contributed by atoms with Crippen LogP contribution in [0.5, 0.6) is 11.5 Å². The molecule has 0 aromatic heterocycles. The van der Waals surface area contributed by atoms with Crippen LogP contribution in [0.15, 0.2) is 54.6 Å². The lowest BCUT2D eigenvalue weighted by atomic mass is 10.2. The van der Waals surface area contributed by atoms with Gasteiger partial charge in [-0.2, -0.15) is 0 Å². The van der Waals surface area contributed by atoms with Crippen molar-refractivity contribution in [3.8, 4) is 11.5 Å².